The minimum atomic E-state index is 0.289. The summed E-state index contributed by atoms with van der Waals surface area (Å²) in [4.78, 5) is 0. The van der Waals surface area contributed by atoms with Crippen LogP contribution >= 0.6 is 0 Å². The van der Waals surface area contributed by atoms with Crippen LogP contribution in [0.2, 0.25) is 0 Å². The van der Waals surface area contributed by atoms with Crippen molar-refractivity contribution in [2.24, 2.45) is 11.3 Å². The molecule has 0 aromatic carbocycles. The van der Waals surface area contributed by atoms with Crippen LogP contribution in [-0.2, 0) is 4.74 Å². The molecule has 0 amide bonds. The summed E-state index contributed by atoms with van der Waals surface area (Å²) in [7, 11) is 1.79. The van der Waals surface area contributed by atoms with Gasteiger partial charge in [0, 0.05) is 25.1 Å². The lowest BCUT2D eigenvalue weighted by Gasteiger charge is -2.33. The highest BCUT2D eigenvalue weighted by Crippen LogP contribution is 2.28. The van der Waals surface area contributed by atoms with Crippen molar-refractivity contribution in [1.29, 1.82) is 0 Å². The fraction of sp³-hybridized carbons (Fsp3) is 1.00. The van der Waals surface area contributed by atoms with Crippen molar-refractivity contribution in [1.82, 2.24) is 5.32 Å². The molecule has 0 spiro atoms. The van der Waals surface area contributed by atoms with E-state index in [9.17, 15) is 0 Å². The van der Waals surface area contributed by atoms with Crippen LogP contribution in [0.3, 0.4) is 0 Å². The van der Waals surface area contributed by atoms with Crippen LogP contribution in [-0.4, -0.2) is 26.3 Å². The first-order valence-electron chi connectivity index (χ1n) is 5.31. The van der Waals surface area contributed by atoms with Crippen LogP contribution in [0.5, 0.6) is 0 Å². The molecule has 0 bridgehead atoms. The minimum absolute atomic E-state index is 0.289. The first-order chi connectivity index (χ1) is 6.08. The van der Waals surface area contributed by atoms with Gasteiger partial charge < -0.3 is 10.1 Å². The Morgan fingerprint density at radius 3 is 2.46 bits per heavy atom. The predicted molar refractivity (Wildman–Crippen MR) is 55.8 cm³/mol. The number of ether oxygens (including phenoxy) is 1. The molecular formula is C11H23NO. The Kier molecular flexibility index (Phi) is 3.74. The summed E-state index contributed by atoms with van der Waals surface area (Å²) in [5, 5.41) is 3.58. The van der Waals surface area contributed by atoms with E-state index in [1.807, 2.05) is 0 Å². The highest BCUT2D eigenvalue weighted by molar-refractivity contribution is 4.86. The Labute approximate surface area is 82.0 Å². The largest absolute Gasteiger partial charge is 0.384 e. The highest BCUT2D eigenvalue weighted by Gasteiger charge is 2.31. The Morgan fingerprint density at radius 1 is 1.46 bits per heavy atom. The normalized spacial score (nSPS) is 21.9. The summed E-state index contributed by atoms with van der Waals surface area (Å²) < 4.78 is 5.28. The number of hydrogen-bond donors (Lipinski definition) is 1. The van der Waals surface area contributed by atoms with E-state index >= 15 is 0 Å². The van der Waals surface area contributed by atoms with Crippen LogP contribution < -0.4 is 5.32 Å². The third-order valence-corrected chi connectivity index (χ3v) is 3.24. The Balaban J connectivity index is 2.34. The third-order valence-electron chi connectivity index (χ3n) is 3.24. The van der Waals surface area contributed by atoms with E-state index in [0.717, 1.165) is 19.2 Å². The van der Waals surface area contributed by atoms with Gasteiger partial charge >= 0.3 is 0 Å². The molecule has 78 valence electrons. The molecule has 0 aromatic heterocycles. The zero-order valence-corrected chi connectivity index (χ0v) is 9.39. The van der Waals surface area contributed by atoms with Gasteiger partial charge in [0.15, 0.2) is 0 Å². The summed E-state index contributed by atoms with van der Waals surface area (Å²) in [6, 6.07) is 0.801. The molecule has 1 aliphatic rings. The fourth-order valence-corrected chi connectivity index (χ4v) is 1.42. The second kappa shape index (κ2) is 4.43. The number of methoxy groups -OCH3 is 1. The average molecular weight is 185 g/mol. The molecule has 1 N–H and O–H groups in total. The van der Waals surface area contributed by atoms with E-state index in [0.29, 0.717) is 5.92 Å². The topological polar surface area (TPSA) is 21.3 Å². The lowest BCUT2D eigenvalue weighted by Crippen LogP contribution is -2.40. The minimum Gasteiger partial charge on any atom is -0.384 e. The van der Waals surface area contributed by atoms with Crippen LogP contribution in [0.15, 0.2) is 0 Å². The lowest BCUT2D eigenvalue weighted by atomic mass is 9.80. The smallest absolute Gasteiger partial charge is 0.0530 e. The molecular weight excluding hydrogens is 162 g/mol. The Hall–Kier alpha value is -0.0800. The quantitative estimate of drug-likeness (QED) is 0.684. The molecule has 0 aromatic rings. The van der Waals surface area contributed by atoms with E-state index in [1.165, 1.54) is 12.8 Å². The van der Waals surface area contributed by atoms with Crippen molar-refractivity contribution in [3.05, 3.63) is 0 Å². The SMILES string of the molecule is COCC(C)(CNC1CC1)C(C)C. The van der Waals surface area contributed by atoms with Gasteiger partial charge in [-0.3, -0.25) is 0 Å². The van der Waals surface area contributed by atoms with Gasteiger partial charge in [-0.15, -0.1) is 0 Å². The molecule has 1 unspecified atom stereocenters. The molecule has 0 radical (unpaired) electrons. The molecule has 1 atom stereocenters. The van der Waals surface area contributed by atoms with Crippen molar-refractivity contribution in [2.45, 2.75) is 39.7 Å². The summed E-state index contributed by atoms with van der Waals surface area (Å²) in [6.07, 6.45) is 2.72. The number of nitrogens with one attached hydrogen (secondary N) is 1. The van der Waals surface area contributed by atoms with Gasteiger partial charge in [-0.05, 0) is 18.8 Å². The van der Waals surface area contributed by atoms with Gasteiger partial charge in [0.05, 0.1) is 6.61 Å². The van der Waals surface area contributed by atoms with E-state index < -0.39 is 0 Å². The standard InChI is InChI=1S/C11H23NO/c1-9(2)11(3,8-13-4)7-12-10-5-6-10/h9-10,12H,5-8H2,1-4H3. The molecule has 13 heavy (non-hydrogen) atoms. The lowest BCUT2D eigenvalue weighted by molar-refractivity contribution is 0.0568. The first kappa shape index (κ1) is 11.0. The molecule has 0 saturated heterocycles. The molecule has 2 nitrogen and oxygen atoms in total. The van der Waals surface area contributed by atoms with Gasteiger partial charge in [-0.1, -0.05) is 20.8 Å². The van der Waals surface area contributed by atoms with Crippen molar-refractivity contribution in [3.8, 4) is 0 Å². The van der Waals surface area contributed by atoms with E-state index in [-0.39, 0.29) is 5.41 Å². The molecule has 1 aliphatic carbocycles. The predicted octanol–water partition coefficient (Wildman–Crippen LogP) is 2.05. The number of hydrogen-bond acceptors (Lipinski definition) is 2. The summed E-state index contributed by atoms with van der Waals surface area (Å²) in [5.74, 6) is 0.665. The fourth-order valence-electron chi connectivity index (χ4n) is 1.42. The molecule has 1 rings (SSSR count). The first-order valence-corrected chi connectivity index (χ1v) is 5.31. The Morgan fingerprint density at radius 2 is 2.08 bits per heavy atom. The van der Waals surface area contributed by atoms with Crippen LogP contribution in [0.25, 0.3) is 0 Å². The maximum Gasteiger partial charge on any atom is 0.0530 e. The van der Waals surface area contributed by atoms with Gasteiger partial charge in [-0.25, -0.2) is 0 Å². The van der Waals surface area contributed by atoms with Crippen molar-refractivity contribution >= 4 is 0 Å². The Bertz CT molecular complexity index is 154. The third kappa shape index (κ3) is 3.28. The molecule has 1 fully saturated rings. The molecule has 2 heteroatoms. The maximum absolute atomic E-state index is 5.28. The number of rotatable bonds is 6. The van der Waals surface area contributed by atoms with Gasteiger partial charge in [0.2, 0.25) is 0 Å². The zero-order valence-electron chi connectivity index (χ0n) is 9.39. The highest BCUT2D eigenvalue weighted by atomic mass is 16.5. The van der Waals surface area contributed by atoms with Gasteiger partial charge in [0.25, 0.3) is 0 Å². The van der Waals surface area contributed by atoms with Crippen LogP contribution in [0.4, 0.5) is 0 Å². The van der Waals surface area contributed by atoms with E-state index in [4.69, 9.17) is 4.74 Å². The van der Waals surface area contributed by atoms with Crippen molar-refractivity contribution < 1.29 is 4.74 Å². The average Bonchev–Trinajstić information content (AvgIpc) is 2.84. The second-order valence-electron chi connectivity index (χ2n) is 4.90. The monoisotopic (exact) mass is 185 g/mol. The van der Waals surface area contributed by atoms with Crippen molar-refractivity contribution in [2.75, 3.05) is 20.3 Å². The van der Waals surface area contributed by atoms with Crippen LogP contribution in [0, 0.1) is 11.3 Å². The van der Waals surface area contributed by atoms with Gasteiger partial charge in [-0.2, -0.15) is 0 Å². The molecule has 0 heterocycles. The van der Waals surface area contributed by atoms with E-state index in [2.05, 4.69) is 26.1 Å². The van der Waals surface area contributed by atoms with Crippen molar-refractivity contribution in [3.63, 3.8) is 0 Å². The summed E-state index contributed by atoms with van der Waals surface area (Å²) in [6.45, 7) is 8.78. The second-order valence-corrected chi connectivity index (χ2v) is 4.90. The van der Waals surface area contributed by atoms with Crippen LogP contribution in [0.1, 0.15) is 33.6 Å². The molecule has 1 saturated carbocycles. The summed E-state index contributed by atoms with van der Waals surface area (Å²) in [5.41, 5.74) is 0.289. The molecule has 0 aliphatic heterocycles. The maximum atomic E-state index is 5.28. The van der Waals surface area contributed by atoms with E-state index in [1.54, 1.807) is 7.11 Å². The summed E-state index contributed by atoms with van der Waals surface area (Å²) >= 11 is 0. The zero-order chi connectivity index (χ0) is 9.90. The van der Waals surface area contributed by atoms with Gasteiger partial charge in [0.1, 0.15) is 0 Å².